The molecule has 0 aliphatic rings. The Balaban J connectivity index is 1.72. The lowest BCUT2D eigenvalue weighted by atomic mass is 10.2. The molecule has 0 saturated carbocycles. The highest BCUT2D eigenvalue weighted by molar-refractivity contribution is 8.00. The molecule has 0 saturated heterocycles. The SMILES string of the molecule is CCOc1ccc(NC(=O)C(CC)Sc2nnc(CS(=O)(=O)c3ccccc3)n2CC)cc1. The van der Waals surface area contributed by atoms with Gasteiger partial charge in [0.2, 0.25) is 5.91 Å². The summed E-state index contributed by atoms with van der Waals surface area (Å²) < 4.78 is 32.7. The average molecular weight is 489 g/mol. The Bertz CT molecular complexity index is 1160. The molecule has 0 radical (unpaired) electrons. The minimum absolute atomic E-state index is 0.157. The van der Waals surface area contributed by atoms with E-state index in [0.29, 0.717) is 36.2 Å². The second kappa shape index (κ2) is 11.3. The van der Waals surface area contributed by atoms with Gasteiger partial charge in [-0.2, -0.15) is 0 Å². The molecule has 176 valence electrons. The second-order valence-corrected chi connectivity index (χ2v) is 10.3. The first-order chi connectivity index (χ1) is 15.9. The fourth-order valence-electron chi connectivity index (χ4n) is 3.19. The number of ether oxygens (including phenoxy) is 1. The van der Waals surface area contributed by atoms with Gasteiger partial charge in [0.25, 0.3) is 0 Å². The first-order valence-corrected chi connectivity index (χ1v) is 13.3. The van der Waals surface area contributed by atoms with Crippen LogP contribution in [0.15, 0.2) is 64.6 Å². The minimum Gasteiger partial charge on any atom is -0.494 e. The van der Waals surface area contributed by atoms with E-state index in [1.165, 1.54) is 11.8 Å². The number of sulfone groups is 1. The Hall–Kier alpha value is -2.85. The minimum atomic E-state index is -3.55. The lowest BCUT2D eigenvalue weighted by Gasteiger charge is -2.15. The van der Waals surface area contributed by atoms with Crippen molar-refractivity contribution >= 4 is 33.2 Å². The van der Waals surface area contributed by atoms with Crippen molar-refractivity contribution in [2.24, 2.45) is 0 Å². The molecule has 0 fully saturated rings. The van der Waals surface area contributed by atoms with Gasteiger partial charge in [0.1, 0.15) is 17.3 Å². The molecule has 1 unspecified atom stereocenters. The van der Waals surface area contributed by atoms with Crippen molar-refractivity contribution in [3.05, 3.63) is 60.4 Å². The van der Waals surface area contributed by atoms with Crippen LogP contribution in [0.25, 0.3) is 0 Å². The van der Waals surface area contributed by atoms with Crippen LogP contribution in [0, 0.1) is 0 Å². The molecule has 3 aromatic rings. The van der Waals surface area contributed by atoms with Crippen LogP contribution in [-0.4, -0.2) is 40.9 Å². The number of amides is 1. The lowest BCUT2D eigenvalue weighted by Crippen LogP contribution is -2.25. The summed E-state index contributed by atoms with van der Waals surface area (Å²) in [5.74, 6) is 0.681. The number of nitrogens with zero attached hydrogens (tertiary/aromatic N) is 3. The third kappa shape index (κ3) is 6.35. The molecule has 0 aliphatic carbocycles. The van der Waals surface area contributed by atoms with Crippen molar-refractivity contribution < 1.29 is 17.9 Å². The zero-order valence-corrected chi connectivity index (χ0v) is 20.5. The van der Waals surface area contributed by atoms with Crippen LogP contribution in [0.1, 0.15) is 33.0 Å². The number of carbonyl (C=O) groups is 1. The van der Waals surface area contributed by atoms with Crippen LogP contribution >= 0.6 is 11.8 Å². The molecule has 0 spiro atoms. The van der Waals surface area contributed by atoms with Gasteiger partial charge in [-0.1, -0.05) is 36.9 Å². The molecule has 1 amide bonds. The van der Waals surface area contributed by atoms with Gasteiger partial charge in [-0.05, 0) is 56.7 Å². The summed E-state index contributed by atoms with van der Waals surface area (Å²) >= 11 is 1.28. The summed E-state index contributed by atoms with van der Waals surface area (Å²) in [5.41, 5.74) is 0.675. The molecule has 1 N–H and O–H groups in total. The average Bonchev–Trinajstić information content (AvgIpc) is 3.19. The van der Waals surface area contributed by atoms with Crippen molar-refractivity contribution in [2.45, 2.75) is 54.8 Å². The molecular weight excluding hydrogens is 460 g/mol. The van der Waals surface area contributed by atoms with Crippen LogP contribution in [-0.2, 0) is 26.9 Å². The van der Waals surface area contributed by atoms with Crippen LogP contribution in [0.2, 0.25) is 0 Å². The van der Waals surface area contributed by atoms with E-state index in [2.05, 4.69) is 15.5 Å². The zero-order valence-electron chi connectivity index (χ0n) is 18.9. The first-order valence-electron chi connectivity index (χ1n) is 10.8. The summed E-state index contributed by atoms with van der Waals surface area (Å²) in [5, 5.41) is 11.3. The summed E-state index contributed by atoms with van der Waals surface area (Å²) in [6, 6.07) is 15.5. The van der Waals surface area contributed by atoms with Gasteiger partial charge in [-0.15, -0.1) is 10.2 Å². The number of benzene rings is 2. The monoisotopic (exact) mass is 488 g/mol. The van der Waals surface area contributed by atoms with E-state index in [4.69, 9.17) is 4.74 Å². The van der Waals surface area contributed by atoms with Crippen LogP contribution in [0.3, 0.4) is 0 Å². The van der Waals surface area contributed by atoms with E-state index in [9.17, 15) is 13.2 Å². The van der Waals surface area contributed by atoms with Gasteiger partial charge in [-0.3, -0.25) is 4.79 Å². The molecule has 10 heteroatoms. The van der Waals surface area contributed by atoms with Gasteiger partial charge >= 0.3 is 0 Å². The summed E-state index contributed by atoms with van der Waals surface area (Å²) in [6.45, 7) is 6.80. The topological polar surface area (TPSA) is 103 Å². The van der Waals surface area contributed by atoms with E-state index < -0.39 is 15.1 Å². The van der Waals surface area contributed by atoms with Gasteiger partial charge in [0.05, 0.1) is 16.8 Å². The maximum atomic E-state index is 12.9. The van der Waals surface area contributed by atoms with Gasteiger partial charge in [0, 0.05) is 12.2 Å². The van der Waals surface area contributed by atoms with E-state index in [1.54, 1.807) is 59.2 Å². The van der Waals surface area contributed by atoms with E-state index >= 15 is 0 Å². The molecule has 1 heterocycles. The number of hydrogen-bond acceptors (Lipinski definition) is 7. The molecule has 3 rings (SSSR count). The Morgan fingerprint density at radius 3 is 2.36 bits per heavy atom. The predicted molar refractivity (Wildman–Crippen MR) is 129 cm³/mol. The molecule has 0 aliphatic heterocycles. The summed E-state index contributed by atoms with van der Waals surface area (Å²) in [7, 11) is -3.55. The fourth-order valence-corrected chi connectivity index (χ4v) is 5.51. The molecule has 2 aromatic carbocycles. The molecule has 1 aromatic heterocycles. The number of aromatic nitrogens is 3. The molecule has 8 nitrogen and oxygen atoms in total. The number of thioether (sulfide) groups is 1. The van der Waals surface area contributed by atoms with Crippen LogP contribution in [0.4, 0.5) is 5.69 Å². The third-order valence-electron chi connectivity index (χ3n) is 4.87. The number of hydrogen-bond donors (Lipinski definition) is 1. The van der Waals surface area contributed by atoms with Gasteiger partial charge in [0.15, 0.2) is 15.0 Å². The molecular formula is C23H28N4O4S2. The first kappa shape index (κ1) is 24.8. The van der Waals surface area contributed by atoms with Crippen molar-refractivity contribution in [3.63, 3.8) is 0 Å². The zero-order chi connectivity index (χ0) is 23.8. The number of anilines is 1. The highest BCUT2D eigenvalue weighted by Crippen LogP contribution is 2.27. The van der Waals surface area contributed by atoms with Crippen molar-refractivity contribution in [3.8, 4) is 5.75 Å². The largest absolute Gasteiger partial charge is 0.494 e. The van der Waals surface area contributed by atoms with Gasteiger partial charge in [-0.25, -0.2) is 8.42 Å². The predicted octanol–water partition coefficient (Wildman–Crippen LogP) is 4.18. The smallest absolute Gasteiger partial charge is 0.237 e. The normalized spacial score (nSPS) is 12.3. The Morgan fingerprint density at radius 2 is 1.76 bits per heavy atom. The Morgan fingerprint density at radius 1 is 1.06 bits per heavy atom. The maximum Gasteiger partial charge on any atom is 0.237 e. The van der Waals surface area contributed by atoms with E-state index in [0.717, 1.165) is 5.75 Å². The lowest BCUT2D eigenvalue weighted by molar-refractivity contribution is -0.115. The number of rotatable bonds is 11. The van der Waals surface area contributed by atoms with E-state index in [1.807, 2.05) is 20.8 Å². The quantitative estimate of drug-likeness (QED) is 0.404. The van der Waals surface area contributed by atoms with E-state index in [-0.39, 0.29) is 16.6 Å². The Kier molecular flexibility index (Phi) is 8.51. The van der Waals surface area contributed by atoms with Crippen molar-refractivity contribution in [1.29, 1.82) is 0 Å². The number of nitrogens with one attached hydrogen (secondary N) is 1. The molecule has 33 heavy (non-hydrogen) atoms. The molecule has 1 atom stereocenters. The maximum absolute atomic E-state index is 12.9. The second-order valence-electron chi connectivity index (χ2n) is 7.18. The van der Waals surface area contributed by atoms with Crippen molar-refractivity contribution in [1.82, 2.24) is 14.8 Å². The summed E-state index contributed by atoms with van der Waals surface area (Å²) in [6.07, 6.45) is 0.571. The molecule has 0 bridgehead atoms. The Labute approximate surface area is 198 Å². The number of carbonyl (C=O) groups excluding carboxylic acids is 1. The van der Waals surface area contributed by atoms with Crippen LogP contribution < -0.4 is 10.1 Å². The highest BCUT2D eigenvalue weighted by Gasteiger charge is 2.25. The van der Waals surface area contributed by atoms with Gasteiger partial charge < -0.3 is 14.6 Å². The van der Waals surface area contributed by atoms with Crippen molar-refractivity contribution in [2.75, 3.05) is 11.9 Å². The standard InChI is InChI=1S/C23H28N4O4S2/c1-4-20(22(28)24-17-12-14-18(15-13-17)31-6-3)32-23-26-25-21(27(23)5-2)16-33(29,30)19-10-8-7-9-11-19/h7-15,20H,4-6,16H2,1-3H3,(H,24,28). The third-order valence-corrected chi connectivity index (χ3v) is 7.85. The fraction of sp³-hybridized carbons (Fsp3) is 0.348. The van der Waals surface area contributed by atoms with Crippen LogP contribution in [0.5, 0.6) is 5.75 Å². The summed E-state index contributed by atoms with van der Waals surface area (Å²) in [4.78, 5) is 13.1. The highest BCUT2D eigenvalue weighted by atomic mass is 32.2.